The van der Waals surface area contributed by atoms with Crippen molar-refractivity contribution in [1.82, 2.24) is 9.62 Å². The molecule has 150 valence electrons. The van der Waals surface area contributed by atoms with Crippen molar-refractivity contribution >= 4 is 15.9 Å². The maximum absolute atomic E-state index is 13.1. The van der Waals surface area contributed by atoms with Gasteiger partial charge in [-0.2, -0.15) is 4.31 Å². The van der Waals surface area contributed by atoms with E-state index in [0.29, 0.717) is 37.0 Å². The third kappa shape index (κ3) is 4.36. The molecule has 1 heterocycles. The van der Waals surface area contributed by atoms with Crippen molar-refractivity contribution in [3.8, 4) is 0 Å². The summed E-state index contributed by atoms with van der Waals surface area (Å²) in [6.45, 7) is 5.62. The van der Waals surface area contributed by atoms with E-state index >= 15 is 0 Å². The first kappa shape index (κ1) is 20.3. The Hall–Kier alpha value is -1.44. The van der Waals surface area contributed by atoms with Gasteiger partial charge in [0.1, 0.15) is 0 Å². The van der Waals surface area contributed by atoms with Crippen LogP contribution in [-0.4, -0.2) is 43.8 Å². The van der Waals surface area contributed by atoms with Gasteiger partial charge in [0.2, 0.25) is 10.0 Å². The SMILES string of the molecule is CC1CC(C)CN(S(=O)(=O)c2cccc(C(=O)NC3(CN)CCCC3)c2)C1. The van der Waals surface area contributed by atoms with Crippen LogP contribution < -0.4 is 11.1 Å². The van der Waals surface area contributed by atoms with E-state index in [1.165, 1.54) is 6.07 Å². The Morgan fingerprint density at radius 1 is 1.22 bits per heavy atom. The molecule has 2 fully saturated rings. The molecular weight excluding hydrogens is 362 g/mol. The molecule has 0 bridgehead atoms. The molecule has 1 aromatic rings. The molecule has 1 aliphatic carbocycles. The third-order valence-electron chi connectivity index (χ3n) is 5.90. The Morgan fingerprint density at radius 2 is 1.85 bits per heavy atom. The van der Waals surface area contributed by atoms with Gasteiger partial charge >= 0.3 is 0 Å². The topological polar surface area (TPSA) is 92.5 Å². The number of rotatable bonds is 5. The van der Waals surface area contributed by atoms with Crippen LogP contribution >= 0.6 is 0 Å². The van der Waals surface area contributed by atoms with E-state index in [9.17, 15) is 13.2 Å². The number of hydrogen-bond acceptors (Lipinski definition) is 4. The van der Waals surface area contributed by atoms with Crippen molar-refractivity contribution in [2.45, 2.75) is 56.4 Å². The van der Waals surface area contributed by atoms with Crippen LogP contribution in [0.3, 0.4) is 0 Å². The predicted octanol–water partition coefficient (Wildman–Crippen LogP) is 2.35. The molecule has 0 spiro atoms. The van der Waals surface area contributed by atoms with E-state index in [1.807, 2.05) is 0 Å². The third-order valence-corrected chi connectivity index (χ3v) is 7.73. The fourth-order valence-electron chi connectivity index (χ4n) is 4.49. The summed E-state index contributed by atoms with van der Waals surface area (Å²) < 4.78 is 27.7. The van der Waals surface area contributed by atoms with Gasteiger partial charge in [-0.3, -0.25) is 4.79 Å². The minimum atomic E-state index is -3.60. The van der Waals surface area contributed by atoms with E-state index < -0.39 is 10.0 Å². The van der Waals surface area contributed by atoms with Crippen LogP contribution in [0.2, 0.25) is 0 Å². The second-order valence-electron chi connectivity index (χ2n) is 8.44. The predicted molar refractivity (Wildman–Crippen MR) is 106 cm³/mol. The van der Waals surface area contributed by atoms with Crippen LogP contribution in [0, 0.1) is 11.8 Å². The molecule has 2 unspecified atom stereocenters. The van der Waals surface area contributed by atoms with Gasteiger partial charge in [-0.1, -0.05) is 32.8 Å². The van der Waals surface area contributed by atoms with Crippen molar-refractivity contribution in [3.05, 3.63) is 29.8 Å². The number of carbonyl (C=O) groups excluding carboxylic acids is 1. The Bertz CT molecular complexity index is 777. The normalized spacial score (nSPS) is 26.0. The minimum absolute atomic E-state index is 0.185. The van der Waals surface area contributed by atoms with Crippen molar-refractivity contribution in [3.63, 3.8) is 0 Å². The number of amides is 1. The molecule has 7 heteroatoms. The average molecular weight is 394 g/mol. The van der Waals surface area contributed by atoms with E-state index in [1.54, 1.807) is 22.5 Å². The first-order valence-electron chi connectivity index (χ1n) is 9.88. The van der Waals surface area contributed by atoms with Gasteiger partial charge in [0.05, 0.1) is 10.4 Å². The number of nitrogens with two attached hydrogens (primary N) is 1. The van der Waals surface area contributed by atoms with E-state index in [2.05, 4.69) is 19.2 Å². The number of carbonyl (C=O) groups is 1. The molecule has 0 radical (unpaired) electrons. The largest absolute Gasteiger partial charge is 0.345 e. The van der Waals surface area contributed by atoms with Gasteiger partial charge in [0, 0.05) is 25.2 Å². The molecule has 6 nitrogen and oxygen atoms in total. The minimum Gasteiger partial charge on any atom is -0.345 e. The Morgan fingerprint density at radius 3 is 2.44 bits per heavy atom. The maximum atomic E-state index is 13.1. The molecule has 27 heavy (non-hydrogen) atoms. The summed E-state index contributed by atoms with van der Waals surface area (Å²) in [7, 11) is -3.60. The lowest BCUT2D eigenvalue weighted by atomic mass is 9.94. The summed E-state index contributed by atoms with van der Waals surface area (Å²) in [6.07, 6.45) is 4.89. The highest BCUT2D eigenvalue weighted by Gasteiger charge is 2.35. The summed E-state index contributed by atoms with van der Waals surface area (Å²) in [5, 5.41) is 3.06. The molecule has 1 aliphatic heterocycles. The molecule has 2 atom stereocenters. The number of piperidine rings is 1. The zero-order valence-corrected chi connectivity index (χ0v) is 17.1. The molecule has 1 saturated carbocycles. The molecule has 3 rings (SSSR count). The molecule has 1 saturated heterocycles. The smallest absolute Gasteiger partial charge is 0.251 e. The van der Waals surface area contributed by atoms with Gasteiger partial charge in [-0.25, -0.2) is 8.42 Å². The second kappa shape index (κ2) is 7.89. The molecule has 2 aliphatic rings. The van der Waals surface area contributed by atoms with Gasteiger partial charge < -0.3 is 11.1 Å². The number of sulfonamides is 1. The maximum Gasteiger partial charge on any atom is 0.251 e. The Balaban J connectivity index is 1.81. The zero-order chi connectivity index (χ0) is 19.7. The lowest BCUT2D eigenvalue weighted by Crippen LogP contribution is -2.51. The van der Waals surface area contributed by atoms with E-state index in [-0.39, 0.29) is 16.3 Å². The molecule has 1 amide bonds. The quantitative estimate of drug-likeness (QED) is 0.803. The standard InChI is InChI=1S/C20H31N3O3S/c1-15-10-16(2)13-23(12-15)27(25,26)18-7-5-6-17(11-18)19(24)22-20(14-21)8-3-4-9-20/h5-7,11,15-16H,3-4,8-10,12-14,21H2,1-2H3,(H,22,24). The van der Waals surface area contributed by atoms with Crippen LogP contribution in [0.1, 0.15) is 56.3 Å². The first-order chi connectivity index (χ1) is 12.8. The number of nitrogens with one attached hydrogen (secondary N) is 1. The van der Waals surface area contributed by atoms with E-state index in [4.69, 9.17) is 5.73 Å². The molecular formula is C20H31N3O3S. The summed E-state index contributed by atoms with van der Waals surface area (Å²) in [6, 6.07) is 6.37. The molecule has 3 N–H and O–H groups in total. The van der Waals surface area contributed by atoms with Gasteiger partial charge in [0.15, 0.2) is 0 Å². The number of nitrogens with zero attached hydrogens (tertiary/aromatic N) is 1. The average Bonchev–Trinajstić information content (AvgIpc) is 3.10. The second-order valence-corrected chi connectivity index (χ2v) is 10.4. The zero-order valence-electron chi connectivity index (χ0n) is 16.3. The summed E-state index contributed by atoms with van der Waals surface area (Å²) in [5.74, 6) is 0.420. The number of benzene rings is 1. The van der Waals surface area contributed by atoms with Gasteiger partial charge in [0.25, 0.3) is 5.91 Å². The van der Waals surface area contributed by atoms with Crippen molar-refractivity contribution in [2.24, 2.45) is 17.6 Å². The van der Waals surface area contributed by atoms with Crippen molar-refractivity contribution in [1.29, 1.82) is 0 Å². The summed E-state index contributed by atoms with van der Waals surface area (Å²) >= 11 is 0. The highest BCUT2D eigenvalue weighted by Crippen LogP contribution is 2.30. The van der Waals surface area contributed by atoms with E-state index in [0.717, 1.165) is 32.1 Å². The van der Waals surface area contributed by atoms with Gasteiger partial charge in [-0.15, -0.1) is 0 Å². The lowest BCUT2D eigenvalue weighted by Gasteiger charge is -2.34. The fourth-order valence-corrected chi connectivity index (χ4v) is 6.22. The lowest BCUT2D eigenvalue weighted by molar-refractivity contribution is 0.0903. The molecule has 0 aromatic heterocycles. The monoisotopic (exact) mass is 393 g/mol. The highest BCUT2D eigenvalue weighted by atomic mass is 32.2. The van der Waals surface area contributed by atoms with Crippen molar-refractivity contribution < 1.29 is 13.2 Å². The van der Waals surface area contributed by atoms with Crippen LogP contribution in [-0.2, 0) is 10.0 Å². The number of hydrogen-bond donors (Lipinski definition) is 2. The Labute approximate surface area is 162 Å². The molecule has 1 aromatic carbocycles. The van der Waals surface area contributed by atoms with Gasteiger partial charge in [-0.05, 0) is 49.3 Å². The fraction of sp³-hybridized carbons (Fsp3) is 0.650. The van der Waals surface area contributed by atoms with Crippen LogP contribution in [0.4, 0.5) is 0 Å². The highest BCUT2D eigenvalue weighted by molar-refractivity contribution is 7.89. The van der Waals surface area contributed by atoms with Crippen LogP contribution in [0.25, 0.3) is 0 Å². The summed E-state index contributed by atoms with van der Waals surface area (Å²) in [4.78, 5) is 12.9. The Kier molecular flexibility index (Phi) is 5.93. The van der Waals surface area contributed by atoms with Crippen LogP contribution in [0.5, 0.6) is 0 Å². The summed E-state index contributed by atoms with van der Waals surface area (Å²) in [5.41, 5.74) is 5.91. The van der Waals surface area contributed by atoms with Crippen LogP contribution in [0.15, 0.2) is 29.2 Å². The van der Waals surface area contributed by atoms with Crippen molar-refractivity contribution in [2.75, 3.05) is 19.6 Å². The first-order valence-corrected chi connectivity index (χ1v) is 11.3.